The molecule has 5 nitrogen and oxygen atoms in total. The van der Waals surface area contributed by atoms with E-state index in [-0.39, 0.29) is 0 Å². The molecule has 3 rings (SSSR count). The summed E-state index contributed by atoms with van der Waals surface area (Å²) in [4.78, 5) is 10.9. The highest BCUT2D eigenvalue weighted by Crippen LogP contribution is 2.23. The fourth-order valence-electron chi connectivity index (χ4n) is 2.61. The van der Waals surface area contributed by atoms with E-state index in [0.29, 0.717) is 5.82 Å². The summed E-state index contributed by atoms with van der Waals surface area (Å²) in [6, 6.07) is 3.90. The Labute approximate surface area is 113 Å². The minimum absolute atomic E-state index is 0.561. The predicted molar refractivity (Wildman–Crippen MR) is 75.5 cm³/mol. The zero-order chi connectivity index (χ0) is 13.1. The lowest BCUT2D eigenvalue weighted by Crippen LogP contribution is -2.24. The van der Waals surface area contributed by atoms with Crippen molar-refractivity contribution in [3.05, 3.63) is 30.9 Å². The van der Waals surface area contributed by atoms with Crippen molar-refractivity contribution in [2.45, 2.75) is 19.4 Å². The fraction of sp³-hybridized carbons (Fsp3) is 0.429. The second-order valence-electron chi connectivity index (χ2n) is 4.96. The van der Waals surface area contributed by atoms with Crippen LogP contribution in [0.25, 0.3) is 11.3 Å². The SMILES string of the molecule is Nc1ncccc1-c1cncn1CCN1CCCC1. The van der Waals surface area contributed by atoms with Crippen LogP contribution < -0.4 is 5.73 Å². The molecule has 0 bridgehead atoms. The van der Waals surface area contributed by atoms with Crippen LogP contribution in [0.5, 0.6) is 0 Å². The first-order chi connectivity index (χ1) is 9.34. The Morgan fingerprint density at radius 1 is 1.21 bits per heavy atom. The molecular formula is C14H19N5. The third-order valence-electron chi connectivity index (χ3n) is 3.68. The molecule has 0 aliphatic carbocycles. The zero-order valence-electron chi connectivity index (χ0n) is 11.0. The van der Waals surface area contributed by atoms with Crippen LogP contribution in [0.2, 0.25) is 0 Å². The highest BCUT2D eigenvalue weighted by atomic mass is 15.2. The third-order valence-corrected chi connectivity index (χ3v) is 3.68. The highest BCUT2D eigenvalue weighted by molar-refractivity contribution is 5.70. The third kappa shape index (κ3) is 2.61. The molecule has 1 aliphatic heterocycles. The summed E-state index contributed by atoms with van der Waals surface area (Å²) >= 11 is 0. The summed E-state index contributed by atoms with van der Waals surface area (Å²) in [7, 11) is 0. The molecule has 3 heterocycles. The fourth-order valence-corrected chi connectivity index (χ4v) is 2.61. The highest BCUT2D eigenvalue weighted by Gasteiger charge is 2.13. The van der Waals surface area contributed by atoms with Gasteiger partial charge in [0.1, 0.15) is 5.82 Å². The molecule has 1 fully saturated rings. The summed E-state index contributed by atoms with van der Waals surface area (Å²) in [6.07, 6.45) is 8.09. The van der Waals surface area contributed by atoms with E-state index < -0.39 is 0 Å². The Morgan fingerprint density at radius 2 is 2.05 bits per heavy atom. The molecule has 0 atom stereocenters. The number of hydrogen-bond donors (Lipinski definition) is 1. The first kappa shape index (κ1) is 12.2. The molecule has 0 spiro atoms. The van der Waals surface area contributed by atoms with Gasteiger partial charge >= 0.3 is 0 Å². The molecule has 2 aromatic heterocycles. The Morgan fingerprint density at radius 3 is 2.84 bits per heavy atom. The lowest BCUT2D eigenvalue weighted by Gasteiger charge is -2.16. The number of nitrogens with zero attached hydrogens (tertiary/aromatic N) is 4. The molecule has 0 radical (unpaired) electrons. The van der Waals surface area contributed by atoms with Gasteiger partial charge < -0.3 is 15.2 Å². The van der Waals surface area contributed by atoms with Crippen molar-refractivity contribution in [1.29, 1.82) is 0 Å². The van der Waals surface area contributed by atoms with Crippen molar-refractivity contribution in [3.8, 4) is 11.3 Å². The van der Waals surface area contributed by atoms with Crippen LogP contribution >= 0.6 is 0 Å². The average Bonchev–Trinajstić information content (AvgIpc) is 3.08. The van der Waals surface area contributed by atoms with E-state index in [1.54, 1.807) is 6.20 Å². The number of imidazole rings is 1. The van der Waals surface area contributed by atoms with Gasteiger partial charge in [0.15, 0.2) is 0 Å². The first-order valence-corrected chi connectivity index (χ1v) is 6.78. The van der Waals surface area contributed by atoms with E-state index in [1.165, 1.54) is 25.9 Å². The van der Waals surface area contributed by atoms with E-state index in [4.69, 9.17) is 5.73 Å². The Hall–Kier alpha value is -1.88. The zero-order valence-corrected chi connectivity index (χ0v) is 11.0. The molecule has 0 unspecified atom stereocenters. The molecule has 2 aromatic rings. The smallest absolute Gasteiger partial charge is 0.132 e. The second-order valence-corrected chi connectivity index (χ2v) is 4.96. The van der Waals surface area contributed by atoms with Gasteiger partial charge in [-0.1, -0.05) is 0 Å². The topological polar surface area (TPSA) is 60.0 Å². The predicted octanol–water partition coefficient (Wildman–Crippen LogP) is 1.62. The van der Waals surface area contributed by atoms with E-state index in [1.807, 2.05) is 24.7 Å². The number of nitrogen functional groups attached to an aromatic ring is 1. The maximum Gasteiger partial charge on any atom is 0.132 e. The van der Waals surface area contributed by atoms with Gasteiger partial charge in [0.05, 0.1) is 18.2 Å². The van der Waals surface area contributed by atoms with Crippen molar-refractivity contribution >= 4 is 5.82 Å². The van der Waals surface area contributed by atoms with Gasteiger partial charge in [0.25, 0.3) is 0 Å². The molecule has 0 aromatic carbocycles. The van der Waals surface area contributed by atoms with Gasteiger partial charge in [-0.25, -0.2) is 9.97 Å². The summed E-state index contributed by atoms with van der Waals surface area (Å²) in [5.74, 6) is 0.561. The first-order valence-electron chi connectivity index (χ1n) is 6.78. The molecule has 5 heteroatoms. The van der Waals surface area contributed by atoms with Crippen LogP contribution in [0.4, 0.5) is 5.82 Å². The van der Waals surface area contributed by atoms with E-state index >= 15 is 0 Å². The Kier molecular flexibility index (Phi) is 3.46. The van der Waals surface area contributed by atoms with Crippen LogP contribution in [-0.2, 0) is 6.54 Å². The molecule has 1 aliphatic rings. The van der Waals surface area contributed by atoms with Crippen molar-refractivity contribution < 1.29 is 0 Å². The maximum atomic E-state index is 5.94. The van der Waals surface area contributed by atoms with Gasteiger partial charge in [-0.2, -0.15) is 0 Å². The minimum atomic E-state index is 0.561. The Bertz CT molecular complexity index is 542. The second kappa shape index (κ2) is 5.40. The van der Waals surface area contributed by atoms with Crippen LogP contribution in [0.3, 0.4) is 0 Å². The number of rotatable bonds is 4. The monoisotopic (exact) mass is 257 g/mol. The van der Waals surface area contributed by atoms with Crippen molar-refractivity contribution in [2.75, 3.05) is 25.4 Å². The number of hydrogen-bond acceptors (Lipinski definition) is 4. The van der Waals surface area contributed by atoms with Gasteiger partial charge in [-0.05, 0) is 38.1 Å². The number of aromatic nitrogens is 3. The summed E-state index contributed by atoms with van der Waals surface area (Å²) in [5, 5.41) is 0. The Balaban J connectivity index is 1.76. The largest absolute Gasteiger partial charge is 0.383 e. The van der Waals surface area contributed by atoms with Crippen molar-refractivity contribution in [2.24, 2.45) is 0 Å². The number of pyridine rings is 1. The quantitative estimate of drug-likeness (QED) is 0.904. The summed E-state index contributed by atoms with van der Waals surface area (Å²) in [6.45, 7) is 4.46. The van der Waals surface area contributed by atoms with Crippen molar-refractivity contribution in [3.63, 3.8) is 0 Å². The molecule has 0 amide bonds. The minimum Gasteiger partial charge on any atom is -0.383 e. The van der Waals surface area contributed by atoms with Gasteiger partial charge in [-0.3, -0.25) is 0 Å². The molecule has 2 N–H and O–H groups in total. The van der Waals surface area contributed by atoms with Crippen LogP contribution in [0.1, 0.15) is 12.8 Å². The van der Waals surface area contributed by atoms with E-state index in [0.717, 1.165) is 24.3 Å². The maximum absolute atomic E-state index is 5.94. The molecular weight excluding hydrogens is 238 g/mol. The number of likely N-dealkylation sites (tertiary alicyclic amines) is 1. The normalized spacial score (nSPS) is 16.0. The van der Waals surface area contributed by atoms with Gasteiger partial charge in [-0.15, -0.1) is 0 Å². The van der Waals surface area contributed by atoms with E-state index in [2.05, 4.69) is 19.4 Å². The molecule has 100 valence electrons. The number of anilines is 1. The van der Waals surface area contributed by atoms with Gasteiger partial charge in [0, 0.05) is 24.8 Å². The molecule has 0 saturated carbocycles. The molecule has 19 heavy (non-hydrogen) atoms. The standard InChI is InChI=1S/C14H19N5/c15-14-12(4-3-5-17-14)13-10-16-11-19(13)9-8-18-6-1-2-7-18/h3-5,10-11H,1-2,6-9H2,(H2,15,17). The summed E-state index contributed by atoms with van der Waals surface area (Å²) in [5.41, 5.74) is 7.94. The van der Waals surface area contributed by atoms with Crippen molar-refractivity contribution in [1.82, 2.24) is 19.4 Å². The van der Waals surface area contributed by atoms with Crippen LogP contribution in [0.15, 0.2) is 30.9 Å². The number of nitrogens with two attached hydrogens (primary N) is 1. The lowest BCUT2D eigenvalue weighted by atomic mass is 10.2. The van der Waals surface area contributed by atoms with E-state index in [9.17, 15) is 0 Å². The average molecular weight is 257 g/mol. The van der Waals surface area contributed by atoms with Crippen LogP contribution in [-0.4, -0.2) is 39.1 Å². The summed E-state index contributed by atoms with van der Waals surface area (Å²) < 4.78 is 2.16. The lowest BCUT2D eigenvalue weighted by molar-refractivity contribution is 0.323. The van der Waals surface area contributed by atoms with Crippen LogP contribution in [0, 0.1) is 0 Å². The van der Waals surface area contributed by atoms with Gasteiger partial charge in [0.2, 0.25) is 0 Å². The molecule has 1 saturated heterocycles.